The van der Waals surface area contributed by atoms with Gasteiger partial charge in [0.05, 0.1) is 23.5 Å². The number of nitrogens with zero attached hydrogens (tertiary/aromatic N) is 1. The van der Waals surface area contributed by atoms with Crippen LogP contribution in [0.2, 0.25) is 0 Å². The van der Waals surface area contributed by atoms with Gasteiger partial charge in [-0.25, -0.2) is 13.2 Å². The van der Waals surface area contributed by atoms with Gasteiger partial charge in [0.25, 0.3) is 5.91 Å². The van der Waals surface area contributed by atoms with Crippen LogP contribution in [0.4, 0.5) is 5.69 Å². The molecule has 1 aliphatic heterocycles. The molecule has 3 rings (SSSR count). The predicted molar refractivity (Wildman–Crippen MR) is 110 cm³/mol. The normalized spacial score (nSPS) is 14.6. The summed E-state index contributed by atoms with van der Waals surface area (Å²) >= 11 is 0. The number of hydrogen-bond donors (Lipinski definition) is 1. The highest BCUT2D eigenvalue weighted by Crippen LogP contribution is 2.30. The van der Waals surface area contributed by atoms with Gasteiger partial charge in [-0.2, -0.15) is 0 Å². The monoisotopic (exact) mass is 416 g/mol. The lowest BCUT2D eigenvalue weighted by molar-refractivity contribution is -0.124. The van der Waals surface area contributed by atoms with E-state index < -0.39 is 21.9 Å². The predicted octanol–water partition coefficient (Wildman–Crippen LogP) is 2.43. The quantitative estimate of drug-likeness (QED) is 0.730. The zero-order valence-electron chi connectivity index (χ0n) is 16.4. The summed E-state index contributed by atoms with van der Waals surface area (Å²) in [5, 5.41) is 2.79. The molecule has 1 amide bonds. The van der Waals surface area contributed by atoms with Crippen LogP contribution in [0.25, 0.3) is 0 Å². The molecule has 154 valence electrons. The maximum absolute atomic E-state index is 12.3. The van der Waals surface area contributed by atoms with Crippen molar-refractivity contribution in [3.63, 3.8) is 0 Å². The van der Waals surface area contributed by atoms with E-state index in [-0.39, 0.29) is 12.6 Å². The number of nitrogens with one attached hydrogen (secondary N) is 1. The minimum Gasteiger partial charge on any atom is -0.452 e. The Morgan fingerprint density at radius 3 is 2.59 bits per heavy atom. The third kappa shape index (κ3) is 5.14. The third-order valence-corrected chi connectivity index (χ3v) is 5.98. The van der Waals surface area contributed by atoms with Gasteiger partial charge in [0, 0.05) is 6.54 Å². The number of anilines is 1. The van der Waals surface area contributed by atoms with Crippen molar-refractivity contribution in [3.8, 4) is 0 Å². The molecule has 1 heterocycles. The van der Waals surface area contributed by atoms with Gasteiger partial charge in [-0.15, -0.1) is 0 Å². The number of fused-ring (bicyclic) bond motifs is 1. The van der Waals surface area contributed by atoms with Gasteiger partial charge in [-0.05, 0) is 49.1 Å². The Morgan fingerprint density at radius 2 is 1.90 bits per heavy atom. The van der Waals surface area contributed by atoms with E-state index in [0.717, 1.165) is 11.1 Å². The highest BCUT2D eigenvalue weighted by atomic mass is 32.2. The van der Waals surface area contributed by atoms with E-state index >= 15 is 0 Å². The summed E-state index contributed by atoms with van der Waals surface area (Å²) in [6.45, 7) is 1.89. The molecule has 2 aromatic carbocycles. The number of hydrogen-bond acceptors (Lipinski definition) is 5. The number of rotatable bonds is 6. The second-order valence-corrected chi connectivity index (χ2v) is 8.97. The second kappa shape index (κ2) is 8.65. The molecule has 0 spiro atoms. The molecule has 1 atom stereocenters. The molecular weight excluding hydrogens is 392 g/mol. The summed E-state index contributed by atoms with van der Waals surface area (Å²) in [5.41, 5.74) is 2.61. The van der Waals surface area contributed by atoms with E-state index in [0.29, 0.717) is 30.6 Å². The van der Waals surface area contributed by atoms with Gasteiger partial charge in [0.15, 0.2) is 6.61 Å². The maximum atomic E-state index is 12.3. The van der Waals surface area contributed by atoms with Gasteiger partial charge < -0.3 is 10.1 Å². The zero-order valence-corrected chi connectivity index (χ0v) is 17.2. The van der Waals surface area contributed by atoms with Crippen LogP contribution in [0.5, 0.6) is 0 Å². The van der Waals surface area contributed by atoms with Gasteiger partial charge in [0.2, 0.25) is 10.0 Å². The van der Waals surface area contributed by atoms with Crippen LogP contribution in [0, 0.1) is 0 Å². The maximum Gasteiger partial charge on any atom is 0.338 e. The molecule has 1 N–H and O–H groups in total. The first-order valence-electron chi connectivity index (χ1n) is 9.38. The van der Waals surface area contributed by atoms with Gasteiger partial charge in [-0.3, -0.25) is 9.10 Å². The van der Waals surface area contributed by atoms with Crippen molar-refractivity contribution in [1.29, 1.82) is 0 Å². The Kier molecular flexibility index (Phi) is 6.22. The van der Waals surface area contributed by atoms with E-state index in [4.69, 9.17) is 4.74 Å². The number of aryl methyl sites for hydroxylation is 1. The molecule has 0 unspecified atom stereocenters. The SMILES string of the molecule is C[C@@H](NC(=O)COC(=O)c1ccc2c(c1)CCCN2S(C)(=O)=O)c1ccccc1. The van der Waals surface area contributed by atoms with E-state index in [2.05, 4.69) is 5.32 Å². The molecule has 0 aromatic heterocycles. The van der Waals surface area contributed by atoms with Crippen LogP contribution in [-0.4, -0.2) is 39.7 Å². The van der Waals surface area contributed by atoms with Crippen molar-refractivity contribution in [2.45, 2.75) is 25.8 Å². The van der Waals surface area contributed by atoms with Crippen molar-refractivity contribution in [2.24, 2.45) is 0 Å². The minimum atomic E-state index is -3.36. The van der Waals surface area contributed by atoms with Crippen LogP contribution in [0.3, 0.4) is 0 Å². The van der Waals surface area contributed by atoms with Crippen molar-refractivity contribution < 1.29 is 22.7 Å². The number of ether oxygens (including phenoxy) is 1. The van der Waals surface area contributed by atoms with Crippen molar-refractivity contribution >= 4 is 27.6 Å². The lowest BCUT2D eigenvalue weighted by atomic mass is 10.0. The molecule has 0 bridgehead atoms. The van der Waals surface area contributed by atoms with Crippen LogP contribution in [0.1, 0.15) is 40.9 Å². The average Bonchev–Trinajstić information content (AvgIpc) is 2.71. The van der Waals surface area contributed by atoms with E-state index in [9.17, 15) is 18.0 Å². The van der Waals surface area contributed by atoms with E-state index in [1.54, 1.807) is 12.1 Å². The fourth-order valence-electron chi connectivity index (χ4n) is 3.36. The third-order valence-electron chi connectivity index (χ3n) is 4.80. The molecule has 1 aliphatic rings. The molecular formula is C21H24N2O5S. The molecule has 7 nitrogen and oxygen atoms in total. The fourth-order valence-corrected chi connectivity index (χ4v) is 4.35. The number of carbonyl (C=O) groups is 2. The Bertz CT molecular complexity index is 1000. The van der Waals surface area contributed by atoms with Crippen molar-refractivity contribution in [3.05, 3.63) is 65.2 Å². The van der Waals surface area contributed by atoms with Crippen molar-refractivity contribution in [2.75, 3.05) is 23.7 Å². The first kappa shape index (κ1) is 20.9. The fraction of sp³-hybridized carbons (Fsp3) is 0.333. The molecule has 0 radical (unpaired) electrons. The molecule has 8 heteroatoms. The number of esters is 1. The van der Waals surface area contributed by atoms with Gasteiger partial charge >= 0.3 is 5.97 Å². The summed E-state index contributed by atoms with van der Waals surface area (Å²) in [5.74, 6) is -1.01. The number of sulfonamides is 1. The second-order valence-electron chi connectivity index (χ2n) is 7.06. The minimum absolute atomic E-state index is 0.201. The van der Waals surface area contributed by atoms with Crippen LogP contribution in [0.15, 0.2) is 48.5 Å². The molecule has 0 saturated carbocycles. The summed E-state index contributed by atoms with van der Waals surface area (Å²) in [4.78, 5) is 24.4. The number of benzene rings is 2. The lowest BCUT2D eigenvalue weighted by Gasteiger charge is -2.29. The standard InChI is InChI=1S/C21H24N2O5S/c1-15(16-7-4-3-5-8-16)22-20(24)14-28-21(25)18-10-11-19-17(13-18)9-6-12-23(19)29(2,26)27/h3-5,7-8,10-11,13,15H,6,9,12,14H2,1-2H3,(H,22,24)/t15-/m1/s1. The van der Waals surface area contributed by atoms with Crippen molar-refractivity contribution in [1.82, 2.24) is 5.32 Å². The molecule has 0 fully saturated rings. The zero-order chi connectivity index (χ0) is 21.0. The van der Waals surface area contributed by atoms with Crippen LogP contribution < -0.4 is 9.62 Å². The Balaban J connectivity index is 1.61. The van der Waals surface area contributed by atoms with Gasteiger partial charge in [0.1, 0.15) is 0 Å². The van der Waals surface area contributed by atoms with Crippen LogP contribution >= 0.6 is 0 Å². The number of carbonyl (C=O) groups excluding carboxylic acids is 2. The number of amides is 1. The smallest absolute Gasteiger partial charge is 0.338 e. The Hall–Kier alpha value is -2.87. The first-order chi connectivity index (χ1) is 13.8. The van der Waals surface area contributed by atoms with E-state index in [1.165, 1.54) is 16.6 Å². The summed E-state index contributed by atoms with van der Waals surface area (Å²) in [6, 6.07) is 14.1. The lowest BCUT2D eigenvalue weighted by Crippen LogP contribution is -2.34. The highest BCUT2D eigenvalue weighted by Gasteiger charge is 2.25. The Labute approximate surface area is 170 Å². The summed E-state index contributed by atoms with van der Waals surface area (Å²) in [7, 11) is -3.36. The molecule has 0 saturated heterocycles. The molecule has 29 heavy (non-hydrogen) atoms. The van der Waals surface area contributed by atoms with Crippen LogP contribution in [-0.2, 0) is 26.0 Å². The molecule has 0 aliphatic carbocycles. The van der Waals surface area contributed by atoms with Gasteiger partial charge in [-0.1, -0.05) is 30.3 Å². The van der Waals surface area contributed by atoms with E-state index in [1.807, 2.05) is 37.3 Å². The highest BCUT2D eigenvalue weighted by molar-refractivity contribution is 7.92. The average molecular weight is 416 g/mol. The summed E-state index contributed by atoms with van der Waals surface area (Å²) in [6.07, 6.45) is 2.52. The largest absolute Gasteiger partial charge is 0.452 e. The molecule has 2 aromatic rings. The topological polar surface area (TPSA) is 92.8 Å². The summed E-state index contributed by atoms with van der Waals surface area (Å²) < 4.78 is 30.3. The first-order valence-corrected chi connectivity index (χ1v) is 11.2. The Morgan fingerprint density at radius 1 is 1.17 bits per heavy atom.